The number of halogens is 1. The molecular formula is C16H22ClNO4. The van der Waals surface area contributed by atoms with Crippen molar-refractivity contribution >= 4 is 18.4 Å². The second-order valence-corrected chi connectivity index (χ2v) is 5.72. The first-order valence-electron chi connectivity index (χ1n) is 7.40. The molecule has 2 saturated heterocycles. The molecule has 1 aromatic rings. The van der Waals surface area contributed by atoms with Gasteiger partial charge in [0.2, 0.25) is 0 Å². The van der Waals surface area contributed by atoms with E-state index in [2.05, 4.69) is 5.32 Å². The normalized spacial score (nSPS) is 26.7. The highest BCUT2D eigenvalue weighted by molar-refractivity contribution is 5.89. The third-order valence-electron chi connectivity index (χ3n) is 4.27. The van der Waals surface area contributed by atoms with Crippen LogP contribution >= 0.6 is 12.4 Å². The zero-order valence-electron chi connectivity index (χ0n) is 12.7. The molecule has 122 valence electrons. The lowest BCUT2D eigenvalue weighted by molar-refractivity contribution is -0.0529. The van der Waals surface area contributed by atoms with Gasteiger partial charge in [-0.05, 0) is 50.1 Å². The highest BCUT2D eigenvalue weighted by Crippen LogP contribution is 2.35. The third-order valence-corrected chi connectivity index (χ3v) is 4.27. The van der Waals surface area contributed by atoms with Crippen molar-refractivity contribution < 1.29 is 19.0 Å². The summed E-state index contributed by atoms with van der Waals surface area (Å²) in [6.45, 7) is 2.25. The van der Waals surface area contributed by atoms with Crippen molar-refractivity contribution in [2.45, 2.75) is 31.0 Å². The topological polar surface area (TPSA) is 56.8 Å². The van der Waals surface area contributed by atoms with Gasteiger partial charge in [-0.3, -0.25) is 0 Å². The molecule has 5 nitrogen and oxygen atoms in total. The maximum Gasteiger partial charge on any atom is 0.338 e. The monoisotopic (exact) mass is 327 g/mol. The maximum atomic E-state index is 12.0. The van der Waals surface area contributed by atoms with E-state index < -0.39 is 0 Å². The molecule has 6 heteroatoms. The van der Waals surface area contributed by atoms with Crippen molar-refractivity contribution in [3.8, 4) is 5.75 Å². The van der Waals surface area contributed by atoms with E-state index in [4.69, 9.17) is 14.2 Å². The van der Waals surface area contributed by atoms with Crippen molar-refractivity contribution in [3.05, 3.63) is 29.8 Å². The predicted octanol–water partition coefficient (Wildman–Crippen LogP) is 2.18. The van der Waals surface area contributed by atoms with E-state index in [9.17, 15) is 4.79 Å². The smallest absolute Gasteiger partial charge is 0.338 e. The molecule has 0 radical (unpaired) electrons. The number of benzene rings is 1. The minimum atomic E-state index is -0.313. The van der Waals surface area contributed by atoms with E-state index in [1.807, 2.05) is 0 Å². The van der Waals surface area contributed by atoms with E-state index >= 15 is 0 Å². The first-order valence-corrected chi connectivity index (χ1v) is 7.40. The Morgan fingerprint density at radius 2 is 2.14 bits per heavy atom. The van der Waals surface area contributed by atoms with Gasteiger partial charge in [-0.2, -0.15) is 0 Å². The Labute approximate surface area is 136 Å². The number of hydrogen-bond acceptors (Lipinski definition) is 5. The molecular weight excluding hydrogens is 306 g/mol. The van der Waals surface area contributed by atoms with Gasteiger partial charge in [-0.15, -0.1) is 12.4 Å². The van der Waals surface area contributed by atoms with Crippen LogP contribution in [-0.2, 0) is 9.47 Å². The van der Waals surface area contributed by atoms with Crippen molar-refractivity contribution in [1.29, 1.82) is 0 Å². The van der Waals surface area contributed by atoms with Crippen LogP contribution in [0.3, 0.4) is 0 Å². The highest BCUT2D eigenvalue weighted by Gasteiger charge is 2.42. The molecule has 1 aromatic carbocycles. The molecule has 0 aromatic heterocycles. The number of carbonyl (C=O) groups is 1. The van der Waals surface area contributed by atoms with Gasteiger partial charge in [0.25, 0.3) is 0 Å². The summed E-state index contributed by atoms with van der Waals surface area (Å²) in [6, 6.07) is 6.92. The molecule has 0 amide bonds. The Balaban J connectivity index is 0.00000176. The van der Waals surface area contributed by atoms with Gasteiger partial charge < -0.3 is 19.5 Å². The summed E-state index contributed by atoms with van der Waals surface area (Å²) in [5, 5.41) is 3.33. The first kappa shape index (κ1) is 17.1. The van der Waals surface area contributed by atoms with Gasteiger partial charge in [0, 0.05) is 6.54 Å². The van der Waals surface area contributed by atoms with Crippen LogP contribution in [0.1, 0.15) is 29.6 Å². The van der Waals surface area contributed by atoms with E-state index in [0.29, 0.717) is 12.2 Å². The second kappa shape index (κ2) is 7.31. The number of nitrogens with one attached hydrogen (secondary N) is 1. The van der Waals surface area contributed by atoms with Crippen LogP contribution < -0.4 is 10.1 Å². The highest BCUT2D eigenvalue weighted by atomic mass is 35.5. The number of esters is 1. The molecule has 1 N–H and O–H groups in total. The Morgan fingerprint density at radius 1 is 1.36 bits per heavy atom. The van der Waals surface area contributed by atoms with Crippen molar-refractivity contribution in [1.82, 2.24) is 5.32 Å². The van der Waals surface area contributed by atoms with Gasteiger partial charge in [0.15, 0.2) is 0 Å². The van der Waals surface area contributed by atoms with Crippen molar-refractivity contribution in [2.75, 3.05) is 26.8 Å². The molecule has 2 aliphatic rings. The van der Waals surface area contributed by atoms with Gasteiger partial charge >= 0.3 is 5.97 Å². The predicted molar refractivity (Wildman–Crippen MR) is 84.8 cm³/mol. The van der Waals surface area contributed by atoms with Crippen LogP contribution in [0.25, 0.3) is 0 Å². The summed E-state index contributed by atoms with van der Waals surface area (Å²) >= 11 is 0. The zero-order chi connectivity index (χ0) is 14.7. The van der Waals surface area contributed by atoms with Gasteiger partial charge in [-0.25, -0.2) is 4.79 Å². The summed E-state index contributed by atoms with van der Waals surface area (Å²) in [5.41, 5.74) is 0.517. The summed E-state index contributed by atoms with van der Waals surface area (Å²) in [5.74, 6) is 0.410. The average molecular weight is 328 g/mol. The van der Waals surface area contributed by atoms with E-state index in [-0.39, 0.29) is 30.1 Å². The molecule has 3 rings (SSSR count). The Morgan fingerprint density at radius 3 is 2.77 bits per heavy atom. The summed E-state index contributed by atoms with van der Waals surface area (Å²) < 4.78 is 16.5. The SMILES string of the molecule is COc1ccc(C(=O)OC[C@H]2CC[C@@]3(CCNC3)O2)cc1.Cl. The van der Waals surface area contributed by atoms with Crippen LogP contribution in [0, 0.1) is 0 Å². The lowest BCUT2D eigenvalue weighted by Gasteiger charge is -2.22. The van der Waals surface area contributed by atoms with Crippen LogP contribution in [0.5, 0.6) is 5.75 Å². The van der Waals surface area contributed by atoms with Crippen LogP contribution in [0.15, 0.2) is 24.3 Å². The molecule has 0 aliphatic carbocycles. The number of rotatable bonds is 4. The Kier molecular flexibility index (Phi) is 5.67. The Bertz CT molecular complexity index is 499. The molecule has 1 spiro atoms. The zero-order valence-corrected chi connectivity index (χ0v) is 13.5. The van der Waals surface area contributed by atoms with E-state index in [0.717, 1.165) is 38.1 Å². The minimum Gasteiger partial charge on any atom is -0.497 e. The van der Waals surface area contributed by atoms with Crippen molar-refractivity contribution in [3.63, 3.8) is 0 Å². The fourth-order valence-corrected chi connectivity index (χ4v) is 3.03. The first-order chi connectivity index (χ1) is 10.2. The molecule has 2 aliphatic heterocycles. The molecule has 2 atom stereocenters. The molecule has 2 fully saturated rings. The van der Waals surface area contributed by atoms with Crippen LogP contribution in [0.2, 0.25) is 0 Å². The standard InChI is InChI=1S/C16H21NO4.ClH/c1-19-13-4-2-12(3-5-13)15(18)20-10-14-6-7-16(21-14)8-9-17-11-16;/h2-5,14,17H,6-11H2,1H3;1H/t14-,16+;/m1./s1. The van der Waals surface area contributed by atoms with Gasteiger partial charge in [0.05, 0.1) is 24.4 Å². The number of hydrogen-bond donors (Lipinski definition) is 1. The molecule has 0 unspecified atom stereocenters. The van der Waals surface area contributed by atoms with Crippen LogP contribution in [0.4, 0.5) is 0 Å². The van der Waals surface area contributed by atoms with Crippen LogP contribution in [-0.4, -0.2) is 44.5 Å². The maximum absolute atomic E-state index is 12.0. The molecule has 2 heterocycles. The Hall–Kier alpha value is -1.30. The second-order valence-electron chi connectivity index (χ2n) is 5.72. The fraction of sp³-hybridized carbons (Fsp3) is 0.562. The summed E-state index contributed by atoms with van der Waals surface area (Å²) in [4.78, 5) is 12.0. The number of ether oxygens (including phenoxy) is 3. The largest absolute Gasteiger partial charge is 0.497 e. The molecule has 0 bridgehead atoms. The lowest BCUT2D eigenvalue weighted by atomic mass is 9.99. The minimum absolute atomic E-state index is 0. The van der Waals surface area contributed by atoms with Gasteiger partial charge in [-0.1, -0.05) is 0 Å². The molecule has 0 saturated carbocycles. The van der Waals surface area contributed by atoms with Gasteiger partial charge in [0.1, 0.15) is 12.4 Å². The quantitative estimate of drug-likeness (QED) is 0.859. The third kappa shape index (κ3) is 3.72. The van der Waals surface area contributed by atoms with E-state index in [1.165, 1.54) is 0 Å². The fourth-order valence-electron chi connectivity index (χ4n) is 3.03. The summed E-state index contributed by atoms with van der Waals surface area (Å²) in [7, 11) is 1.60. The number of carbonyl (C=O) groups excluding carboxylic acids is 1. The average Bonchev–Trinajstić information content (AvgIpc) is 3.15. The van der Waals surface area contributed by atoms with Crippen molar-refractivity contribution in [2.24, 2.45) is 0 Å². The molecule has 22 heavy (non-hydrogen) atoms. The lowest BCUT2D eigenvalue weighted by Crippen LogP contribution is -2.32. The number of methoxy groups -OCH3 is 1. The van der Waals surface area contributed by atoms with E-state index in [1.54, 1.807) is 31.4 Å². The summed E-state index contributed by atoms with van der Waals surface area (Å²) in [6.07, 6.45) is 3.07.